The van der Waals surface area contributed by atoms with Gasteiger partial charge >= 0.3 is 5.97 Å². The second kappa shape index (κ2) is 6.90. The number of rotatable bonds is 4. The minimum atomic E-state index is -1.18. The van der Waals surface area contributed by atoms with Gasteiger partial charge in [-0.2, -0.15) is 0 Å². The maximum atomic E-state index is 13.2. The molecule has 0 amide bonds. The number of esters is 1. The van der Waals surface area contributed by atoms with E-state index in [1.54, 1.807) is 12.1 Å². The second-order valence-electron chi connectivity index (χ2n) is 7.41. The molecule has 0 radical (unpaired) electrons. The molecule has 4 nitrogen and oxygen atoms in total. The molecule has 0 saturated heterocycles. The van der Waals surface area contributed by atoms with Crippen LogP contribution in [-0.4, -0.2) is 29.6 Å². The first kappa shape index (κ1) is 18.1. The van der Waals surface area contributed by atoms with Crippen LogP contribution in [0.4, 0.5) is 4.39 Å². The van der Waals surface area contributed by atoms with Crippen molar-refractivity contribution in [2.75, 3.05) is 6.61 Å². The number of benzene rings is 2. The van der Waals surface area contributed by atoms with Gasteiger partial charge < -0.3 is 9.47 Å². The van der Waals surface area contributed by atoms with Gasteiger partial charge in [0, 0.05) is 12.0 Å². The number of hydrogen-bond donors (Lipinski definition) is 0. The molecular formula is C21H22FNO3. The highest BCUT2D eigenvalue weighted by molar-refractivity contribution is 5.99. The van der Waals surface area contributed by atoms with Crippen LogP contribution in [0, 0.1) is 5.82 Å². The standard InChI is InChI=1S/C21H22FNO3/c1-20(2,3)26-19(24)21(13-15-9-11-17(22)12-10-15)14-25-18(23-21)16-7-5-4-6-8-16/h4-12H,13-14H2,1-3H3/t21-/m0/s1. The van der Waals surface area contributed by atoms with Gasteiger partial charge in [0.2, 0.25) is 5.90 Å². The third-order valence-corrected chi connectivity index (χ3v) is 3.97. The number of carbonyl (C=O) groups is 1. The Labute approximate surface area is 152 Å². The smallest absolute Gasteiger partial charge is 0.338 e. The molecular weight excluding hydrogens is 333 g/mol. The molecule has 2 aromatic carbocycles. The van der Waals surface area contributed by atoms with E-state index in [2.05, 4.69) is 4.99 Å². The van der Waals surface area contributed by atoms with Gasteiger partial charge in [0.1, 0.15) is 18.0 Å². The molecule has 0 aliphatic carbocycles. The van der Waals surface area contributed by atoms with Crippen LogP contribution in [0.15, 0.2) is 59.6 Å². The Morgan fingerprint density at radius 3 is 2.42 bits per heavy atom. The highest BCUT2D eigenvalue weighted by atomic mass is 19.1. The fourth-order valence-corrected chi connectivity index (χ4v) is 2.76. The predicted octanol–water partition coefficient (Wildman–Crippen LogP) is 3.93. The second-order valence-corrected chi connectivity index (χ2v) is 7.41. The van der Waals surface area contributed by atoms with E-state index < -0.39 is 17.1 Å². The Kier molecular flexibility index (Phi) is 4.81. The van der Waals surface area contributed by atoms with E-state index >= 15 is 0 Å². The van der Waals surface area contributed by atoms with Crippen molar-refractivity contribution in [1.82, 2.24) is 0 Å². The SMILES string of the molecule is CC(C)(C)OC(=O)[C@]1(Cc2ccc(F)cc2)COC(c2ccccc2)=N1. The normalized spacial score (nSPS) is 19.6. The van der Waals surface area contributed by atoms with Crippen LogP contribution in [0.5, 0.6) is 0 Å². The van der Waals surface area contributed by atoms with Crippen LogP contribution in [-0.2, 0) is 20.7 Å². The molecule has 2 aromatic rings. The minimum absolute atomic E-state index is 0.0868. The van der Waals surface area contributed by atoms with E-state index in [-0.39, 0.29) is 18.8 Å². The van der Waals surface area contributed by atoms with Crippen LogP contribution in [0.3, 0.4) is 0 Å². The minimum Gasteiger partial charge on any atom is -0.474 e. The fourth-order valence-electron chi connectivity index (χ4n) is 2.76. The van der Waals surface area contributed by atoms with E-state index in [9.17, 15) is 9.18 Å². The zero-order chi connectivity index (χ0) is 18.8. The van der Waals surface area contributed by atoms with Crippen molar-refractivity contribution in [3.8, 4) is 0 Å². The summed E-state index contributed by atoms with van der Waals surface area (Å²) in [7, 11) is 0. The van der Waals surface area contributed by atoms with Gasteiger partial charge in [0.15, 0.2) is 5.54 Å². The highest BCUT2D eigenvalue weighted by Gasteiger charge is 2.47. The van der Waals surface area contributed by atoms with Gasteiger partial charge in [-0.3, -0.25) is 0 Å². The van der Waals surface area contributed by atoms with Gasteiger partial charge in [-0.05, 0) is 50.6 Å². The van der Waals surface area contributed by atoms with Crippen LogP contribution < -0.4 is 0 Å². The molecule has 0 spiro atoms. The maximum Gasteiger partial charge on any atom is 0.338 e. The molecule has 3 rings (SSSR count). The Hall–Kier alpha value is -2.69. The molecule has 0 unspecified atom stereocenters. The molecule has 0 fully saturated rings. The van der Waals surface area contributed by atoms with Crippen molar-refractivity contribution in [3.63, 3.8) is 0 Å². The van der Waals surface area contributed by atoms with Gasteiger partial charge in [-0.25, -0.2) is 14.2 Å². The van der Waals surface area contributed by atoms with Crippen molar-refractivity contribution in [2.45, 2.75) is 38.3 Å². The van der Waals surface area contributed by atoms with Crippen molar-refractivity contribution in [1.29, 1.82) is 0 Å². The molecule has 0 saturated carbocycles. The molecule has 5 heteroatoms. The van der Waals surface area contributed by atoms with Crippen molar-refractivity contribution < 1.29 is 18.7 Å². The zero-order valence-electron chi connectivity index (χ0n) is 15.2. The summed E-state index contributed by atoms with van der Waals surface area (Å²) in [5, 5.41) is 0. The summed E-state index contributed by atoms with van der Waals surface area (Å²) in [4.78, 5) is 17.6. The van der Waals surface area contributed by atoms with Crippen LogP contribution in [0.1, 0.15) is 31.9 Å². The average Bonchev–Trinajstić information content (AvgIpc) is 3.02. The van der Waals surface area contributed by atoms with Crippen molar-refractivity contribution >= 4 is 11.9 Å². The molecule has 26 heavy (non-hydrogen) atoms. The topological polar surface area (TPSA) is 47.9 Å². The number of halogens is 1. The number of carbonyl (C=O) groups excluding carboxylic acids is 1. The Morgan fingerprint density at radius 1 is 1.15 bits per heavy atom. The molecule has 0 aromatic heterocycles. The first-order valence-electron chi connectivity index (χ1n) is 8.53. The van der Waals surface area contributed by atoms with E-state index in [0.717, 1.165) is 11.1 Å². The first-order valence-corrected chi connectivity index (χ1v) is 8.53. The maximum absolute atomic E-state index is 13.2. The van der Waals surface area contributed by atoms with Crippen LogP contribution in [0.25, 0.3) is 0 Å². The summed E-state index contributed by atoms with van der Waals surface area (Å²) in [6.07, 6.45) is 0.276. The van der Waals surface area contributed by atoms with Crippen LogP contribution in [0.2, 0.25) is 0 Å². The quantitative estimate of drug-likeness (QED) is 0.781. The zero-order valence-corrected chi connectivity index (χ0v) is 15.2. The summed E-state index contributed by atoms with van der Waals surface area (Å²) < 4.78 is 24.6. The van der Waals surface area contributed by atoms with Gasteiger partial charge in [-0.15, -0.1) is 0 Å². The van der Waals surface area contributed by atoms with Crippen LogP contribution >= 0.6 is 0 Å². The van der Waals surface area contributed by atoms with Gasteiger partial charge in [-0.1, -0.05) is 30.3 Å². The Balaban J connectivity index is 1.96. The lowest BCUT2D eigenvalue weighted by Gasteiger charge is -2.28. The molecule has 1 aliphatic rings. The predicted molar refractivity (Wildman–Crippen MR) is 97.6 cm³/mol. The number of ether oxygens (including phenoxy) is 2. The van der Waals surface area contributed by atoms with Gasteiger partial charge in [0.25, 0.3) is 0 Å². The number of nitrogens with zero attached hydrogens (tertiary/aromatic N) is 1. The summed E-state index contributed by atoms with van der Waals surface area (Å²) >= 11 is 0. The van der Waals surface area contributed by atoms with Gasteiger partial charge in [0.05, 0.1) is 0 Å². The van der Waals surface area contributed by atoms with E-state index in [0.29, 0.717) is 5.90 Å². The lowest BCUT2D eigenvalue weighted by molar-refractivity contribution is -0.162. The average molecular weight is 355 g/mol. The number of hydrogen-bond acceptors (Lipinski definition) is 4. The Bertz CT molecular complexity index is 809. The lowest BCUT2D eigenvalue weighted by Crippen LogP contribution is -2.45. The van der Waals surface area contributed by atoms with E-state index in [1.807, 2.05) is 51.1 Å². The van der Waals surface area contributed by atoms with E-state index in [1.165, 1.54) is 12.1 Å². The number of aliphatic imine (C=N–C) groups is 1. The summed E-state index contributed by atoms with van der Waals surface area (Å²) in [5.74, 6) is -0.352. The summed E-state index contributed by atoms with van der Waals surface area (Å²) in [6.45, 7) is 5.53. The molecule has 0 bridgehead atoms. The fraction of sp³-hybridized carbons (Fsp3) is 0.333. The Morgan fingerprint density at radius 2 is 1.81 bits per heavy atom. The first-order chi connectivity index (χ1) is 12.3. The highest BCUT2D eigenvalue weighted by Crippen LogP contribution is 2.29. The third-order valence-electron chi connectivity index (χ3n) is 3.97. The molecule has 0 N–H and O–H groups in total. The molecule has 1 heterocycles. The molecule has 136 valence electrons. The summed E-state index contributed by atoms with van der Waals surface area (Å²) in [6, 6.07) is 15.5. The van der Waals surface area contributed by atoms with E-state index in [4.69, 9.17) is 9.47 Å². The molecule has 1 atom stereocenters. The largest absolute Gasteiger partial charge is 0.474 e. The monoisotopic (exact) mass is 355 g/mol. The third kappa shape index (κ3) is 4.10. The summed E-state index contributed by atoms with van der Waals surface area (Å²) in [5.41, 5.74) is -0.232. The van der Waals surface area contributed by atoms with Crippen molar-refractivity contribution in [3.05, 3.63) is 71.5 Å². The molecule has 1 aliphatic heterocycles. The van der Waals surface area contributed by atoms with Crippen molar-refractivity contribution in [2.24, 2.45) is 4.99 Å². The lowest BCUT2D eigenvalue weighted by atomic mass is 9.92.